The average molecular weight is 590 g/mol. The van der Waals surface area contributed by atoms with Crippen LogP contribution in [0.5, 0.6) is 0 Å². The van der Waals surface area contributed by atoms with Crippen LogP contribution in [0.2, 0.25) is 0 Å². The summed E-state index contributed by atoms with van der Waals surface area (Å²) in [4.78, 5) is 0. The predicted molar refractivity (Wildman–Crippen MR) is 196 cm³/mol. The molecule has 0 unspecified atom stereocenters. The Balaban J connectivity index is 1.30. The number of aryl methyl sites for hydroxylation is 1. The molecular formula is C45H35N. The van der Waals surface area contributed by atoms with E-state index in [1.807, 2.05) is 0 Å². The topological polar surface area (TPSA) is 4.93 Å². The Morgan fingerprint density at radius 2 is 0.826 bits per heavy atom. The molecule has 1 aromatic heterocycles. The van der Waals surface area contributed by atoms with E-state index in [-0.39, 0.29) is 10.8 Å². The van der Waals surface area contributed by atoms with Gasteiger partial charge in [-0.15, -0.1) is 0 Å². The molecule has 10 rings (SSSR count). The normalized spacial score (nSPS) is 15.4. The highest BCUT2D eigenvalue weighted by atomic mass is 15.0. The lowest BCUT2D eigenvalue weighted by atomic mass is 9.79. The molecule has 0 amide bonds. The minimum absolute atomic E-state index is 0.0832. The average Bonchev–Trinajstić information content (AvgIpc) is 3.60. The van der Waals surface area contributed by atoms with Crippen LogP contribution in [0.3, 0.4) is 0 Å². The second kappa shape index (κ2) is 8.56. The maximum Gasteiger partial charge on any atom is 0.0544 e. The van der Waals surface area contributed by atoms with Gasteiger partial charge in [-0.1, -0.05) is 119 Å². The molecule has 8 aromatic rings. The molecule has 0 saturated carbocycles. The molecule has 220 valence electrons. The Morgan fingerprint density at radius 1 is 0.413 bits per heavy atom. The largest absolute Gasteiger partial charge is 0.309 e. The van der Waals surface area contributed by atoms with Gasteiger partial charge < -0.3 is 4.57 Å². The van der Waals surface area contributed by atoms with Gasteiger partial charge in [0.15, 0.2) is 0 Å². The molecule has 0 saturated heterocycles. The lowest BCUT2D eigenvalue weighted by molar-refractivity contribution is 0.652. The van der Waals surface area contributed by atoms with Crippen LogP contribution < -0.4 is 0 Å². The van der Waals surface area contributed by atoms with Crippen molar-refractivity contribution in [1.82, 2.24) is 4.57 Å². The Labute approximate surface area is 269 Å². The number of hydrogen-bond donors (Lipinski definition) is 0. The van der Waals surface area contributed by atoms with E-state index in [4.69, 9.17) is 0 Å². The first-order chi connectivity index (χ1) is 22.3. The van der Waals surface area contributed by atoms with Gasteiger partial charge in [-0.3, -0.25) is 0 Å². The quantitative estimate of drug-likeness (QED) is 0.179. The second-order valence-electron chi connectivity index (χ2n) is 14.6. The third kappa shape index (κ3) is 3.06. The minimum atomic E-state index is -0.162. The van der Waals surface area contributed by atoms with Gasteiger partial charge in [0.05, 0.1) is 16.7 Å². The number of rotatable bonds is 1. The summed E-state index contributed by atoms with van der Waals surface area (Å²) in [5, 5.41) is 7.95. The third-order valence-corrected chi connectivity index (χ3v) is 11.5. The molecular weight excluding hydrogens is 555 g/mol. The first-order valence-corrected chi connectivity index (χ1v) is 16.5. The lowest BCUT2D eigenvalue weighted by Crippen LogP contribution is -2.17. The molecule has 0 spiro atoms. The fourth-order valence-electron chi connectivity index (χ4n) is 9.18. The van der Waals surface area contributed by atoms with E-state index in [1.54, 1.807) is 0 Å². The zero-order chi connectivity index (χ0) is 31.1. The number of hydrogen-bond acceptors (Lipinski definition) is 0. The van der Waals surface area contributed by atoms with Crippen LogP contribution in [-0.4, -0.2) is 4.57 Å². The van der Waals surface area contributed by atoms with Gasteiger partial charge in [0, 0.05) is 27.0 Å². The van der Waals surface area contributed by atoms with E-state index in [9.17, 15) is 0 Å². The van der Waals surface area contributed by atoms with Gasteiger partial charge in [-0.25, -0.2) is 0 Å². The zero-order valence-electron chi connectivity index (χ0n) is 27.0. The highest BCUT2D eigenvalue weighted by Crippen LogP contribution is 2.59. The van der Waals surface area contributed by atoms with Crippen LogP contribution in [0.1, 0.15) is 55.5 Å². The lowest BCUT2D eigenvalue weighted by Gasteiger charge is -2.24. The first kappa shape index (κ1) is 26.1. The van der Waals surface area contributed by atoms with Gasteiger partial charge in [0.2, 0.25) is 0 Å². The zero-order valence-corrected chi connectivity index (χ0v) is 27.0. The molecule has 0 aliphatic heterocycles. The van der Waals surface area contributed by atoms with Gasteiger partial charge in [0.1, 0.15) is 0 Å². The first-order valence-electron chi connectivity index (χ1n) is 16.5. The summed E-state index contributed by atoms with van der Waals surface area (Å²) in [5.74, 6) is 0. The van der Waals surface area contributed by atoms with E-state index < -0.39 is 0 Å². The van der Waals surface area contributed by atoms with Crippen LogP contribution in [-0.2, 0) is 10.8 Å². The molecule has 0 fully saturated rings. The van der Waals surface area contributed by atoms with Crippen molar-refractivity contribution in [3.05, 3.63) is 149 Å². The highest BCUT2D eigenvalue weighted by molar-refractivity contribution is 6.13. The Bertz CT molecular complexity index is 2590. The summed E-state index contributed by atoms with van der Waals surface area (Å²) >= 11 is 0. The number of nitrogens with zero attached hydrogens (tertiary/aromatic N) is 1. The monoisotopic (exact) mass is 589 g/mol. The number of para-hydroxylation sites is 2. The van der Waals surface area contributed by atoms with E-state index >= 15 is 0 Å². The van der Waals surface area contributed by atoms with E-state index in [2.05, 4.69) is 161 Å². The summed E-state index contributed by atoms with van der Waals surface area (Å²) in [6.07, 6.45) is 0. The summed E-state index contributed by atoms with van der Waals surface area (Å²) in [6, 6.07) is 45.9. The van der Waals surface area contributed by atoms with Gasteiger partial charge in [-0.05, 0) is 103 Å². The van der Waals surface area contributed by atoms with Crippen LogP contribution in [0, 0.1) is 6.92 Å². The molecule has 1 nitrogen and oxygen atoms in total. The van der Waals surface area contributed by atoms with Crippen LogP contribution in [0.15, 0.2) is 121 Å². The van der Waals surface area contributed by atoms with Crippen molar-refractivity contribution in [3.8, 4) is 27.9 Å². The van der Waals surface area contributed by atoms with Crippen molar-refractivity contribution in [2.45, 2.75) is 45.4 Å². The highest BCUT2D eigenvalue weighted by Gasteiger charge is 2.43. The molecule has 2 aliphatic carbocycles. The fraction of sp³-hybridized carbons (Fsp3) is 0.156. The van der Waals surface area contributed by atoms with Crippen molar-refractivity contribution in [2.24, 2.45) is 0 Å². The Morgan fingerprint density at radius 3 is 1.37 bits per heavy atom. The molecule has 0 N–H and O–H groups in total. The smallest absolute Gasteiger partial charge is 0.0544 e. The molecule has 2 aliphatic rings. The van der Waals surface area contributed by atoms with E-state index in [1.165, 1.54) is 99.1 Å². The van der Waals surface area contributed by atoms with E-state index in [0.29, 0.717) is 0 Å². The maximum absolute atomic E-state index is 2.56. The Kier molecular flexibility index (Phi) is 4.86. The van der Waals surface area contributed by atoms with E-state index in [0.717, 1.165) is 0 Å². The number of aromatic nitrogens is 1. The van der Waals surface area contributed by atoms with Crippen LogP contribution in [0.4, 0.5) is 0 Å². The SMILES string of the molecule is Cc1cc2c(c3ccccc13)-c1cc3c(cc1C2(C)C)-c1c(cc(-n2c4ccccc4c4ccccc42)c2ccccc12)C3(C)C. The Hall–Kier alpha value is -5.14. The molecule has 7 aromatic carbocycles. The maximum atomic E-state index is 2.56. The summed E-state index contributed by atoms with van der Waals surface area (Å²) < 4.78 is 2.50. The molecule has 1 heterocycles. The predicted octanol–water partition coefficient (Wildman–Crippen LogP) is 12.0. The van der Waals surface area contributed by atoms with Gasteiger partial charge in [-0.2, -0.15) is 0 Å². The third-order valence-electron chi connectivity index (χ3n) is 11.5. The van der Waals surface area contributed by atoms with Crippen LogP contribution >= 0.6 is 0 Å². The molecule has 1 heteroatoms. The summed E-state index contributed by atoms with van der Waals surface area (Å²) in [5.41, 5.74) is 16.2. The molecule has 46 heavy (non-hydrogen) atoms. The molecule has 0 atom stereocenters. The number of benzene rings is 7. The van der Waals surface area contributed by atoms with Gasteiger partial charge in [0.25, 0.3) is 0 Å². The summed E-state index contributed by atoms with van der Waals surface area (Å²) in [6.45, 7) is 12.0. The van der Waals surface area contributed by atoms with Gasteiger partial charge >= 0.3 is 0 Å². The second-order valence-corrected chi connectivity index (χ2v) is 14.6. The van der Waals surface area contributed by atoms with Crippen molar-refractivity contribution < 1.29 is 0 Å². The van der Waals surface area contributed by atoms with Crippen molar-refractivity contribution in [3.63, 3.8) is 0 Å². The summed E-state index contributed by atoms with van der Waals surface area (Å²) in [7, 11) is 0. The van der Waals surface area contributed by atoms with Crippen molar-refractivity contribution in [2.75, 3.05) is 0 Å². The van der Waals surface area contributed by atoms with Crippen molar-refractivity contribution >= 4 is 43.4 Å². The standard InChI is InChI=1S/C45H35N/c1-26-22-37-42(31-18-8-6-14-27(26)31)33-23-36-34(24-35(33)44(37,2)3)43-32-19-9-7-17-30(32)41(25-38(43)45(36,4)5)46-39-20-12-10-15-28(39)29-16-11-13-21-40(29)46/h6-25H,1-5H3. The number of fused-ring (bicyclic) bond motifs is 13. The fourth-order valence-corrected chi connectivity index (χ4v) is 9.18. The minimum Gasteiger partial charge on any atom is -0.309 e. The van der Waals surface area contributed by atoms with Crippen molar-refractivity contribution in [1.29, 1.82) is 0 Å². The molecule has 0 radical (unpaired) electrons. The van der Waals surface area contributed by atoms with Crippen LogP contribution in [0.25, 0.3) is 71.3 Å². The molecule has 0 bridgehead atoms.